The molecule has 1 aliphatic heterocycles. The van der Waals surface area contributed by atoms with Crippen molar-refractivity contribution in [2.75, 3.05) is 17.8 Å². The fraction of sp³-hybridized carbons (Fsp3) is 0.273. The van der Waals surface area contributed by atoms with Crippen LogP contribution >= 0.6 is 22.9 Å². The standard InChI is InChI=1S/C22H22ClN3O3S2/c1-22(16-7-9-17(23)10-8-16)11-13-26(14-12-22)20(27)19-15-30-21(24-19)25-31(28,29)18-5-3-2-4-6-18/h2-10,15H,11-14H2,1H3,(H,24,25). The molecule has 31 heavy (non-hydrogen) atoms. The lowest BCUT2D eigenvalue weighted by molar-refractivity contribution is 0.0671. The van der Waals surface area contributed by atoms with E-state index in [1.165, 1.54) is 17.7 Å². The number of anilines is 1. The van der Waals surface area contributed by atoms with Crippen LogP contribution in [0, 0.1) is 0 Å². The summed E-state index contributed by atoms with van der Waals surface area (Å²) >= 11 is 7.10. The number of thiazole rings is 1. The minimum absolute atomic E-state index is 0.0140. The van der Waals surface area contributed by atoms with Crippen LogP contribution in [0.5, 0.6) is 0 Å². The number of aromatic nitrogens is 1. The summed E-state index contributed by atoms with van der Waals surface area (Å²) in [6, 6.07) is 16.0. The minimum Gasteiger partial charge on any atom is -0.337 e. The van der Waals surface area contributed by atoms with E-state index in [0.29, 0.717) is 18.1 Å². The van der Waals surface area contributed by atoms with E-state index in [0.717, 1.165) is 24.2 Å². The lowest BCUT2D eigenvalue weighted by Crippen LogP contribution is -2.44. The van der Waals surface area contributed by atoms with Crippen molar-refractivity contribution < 1.29 is 13.2 Å². The number of rotatable bonds is 5. The molecule has 6 nitrogen and oxygen atoms in total. The fourth-order valence-corrected chi connectivity index (χ4v) is 5.78. The van der Waals surface area contributed by atoms with E-state index in [2.05, 4.69) is 16.6 Å². The largest absolute Gasteiger partial charge is 0.337 e. The van der Waals surface area contributed by atoms with Gasteiger partial charge in [0, 0.05) is 23.5 Å². The number of amides is 1. The third-order valence-electron chi connectivity index (χ3n) is 5.69. The average Bonchev–Trinajstić information content (AvgIpc) is 3.22. The molecule has 162 valence electrons. The highest BCUT2D eigenvalue weighted by atomic mass is 35.5. The second-order valence-electron chi connectivity index (χ2n) is 7.82. The predicted molar refractivity (Wildman–Crippen MR) is 123 cm³/mol. The molecule has 1 fully saturated rings. The third kappa shape index (κ3) is 4.76. The van der Waals surface area contributed by atoms with Crippen molar-refractivity contribution in [3.8, 4) is 0 Å². The van der Waals surface area contributed by atoms with E-state index in [9.17, 15) is 13.2 Å². The molecule has 3 aromatic rings. The zero-order valence-corrected chi connectivity index (χ0v) is 19.3. The van der Waals surface area contributed by atoms with Crippen molar-refractivity contribution in [2.45, 2.75) is 30.1 Å². The summed E-state index contributed by atoms with van der Waals surface area (Å²) in [6.45, 7) is 3.43. The Labute approximate surface area is 190 Å². The Bertz CT molecular complexity index is 1170. The average molecular weight is 476 g/mol. The number of halogens is 1. The van der Waals surface area contributed by atoms with Crippen LogP contribution in [0.4, 0.5) is 5.13 Å². The molecule has 0 radical (unpaired) electrons. The first-order chi connectivity index (χ1) is 14.8. The van der Waals surface area contributed by atoms with Crippen molar-refractivity contribution in [2.24, 2.45) is 0 Å². The van der Waals surface area contributed by atoms with Crippen molar-refractivity contribution >= 4 is 44.0 Å². The highest BCUT2D eigenvalue weighted by Crippen LogP contribution is 2.36. The Balaban J connectivity index is 1.41. The van der Waals surface area contributed by atoms with Gasteiger partial charge in [-0.15, -0.1) is 11.3 Å². The Kier molecular flexibility index (Phi) is 6.05. The number of carbonyl (C=O) groups is 1. The van der Waals surface area contributed by atoms with Crippen LogP contribution in [0.1, 0.15) is 35.8 Å². The quantitative estimate of drug-likeness (QED) is 0.575. The molecule has 0 unspecified atom stereocenters. The van der Waals surface area contributed by atoms with Crippen LogP contribution in [-0.4, -0.2) is 37.3 Å². The van der Waals surface area contributed by atoms with Gasteiger partial charge in [-0.25, -0.2) is 13.4 Å². The second-order valence-corrected chi connectivity index (χ2v) is 10.8. The van der Waals surface area contributed by atoms with Crippen LogP contribution in [0.3, 0.4) is 0 Å². The zero-order valence-electron chi connectivity index (χ0n) is 16.9. The first kappa shape index (κ1) is 21.8. The van der Waals surface area contributed by atoms with Gasteiger partial charge in [-0.1, -0.05) is 48.9 Å². The van der Waals surface area contributed by atoms with Crippen LogP contribution < -0.4 is 4.72 Å². The van der Waals surface area contributed by atoms with E-state index >= 15 is 0 Å². The molecule has 0 bridgehead atoms. The summed E-state index contributed by atoms with van der Waals surface area (Å²) in [7, 11) is -3.74. The molecular formula is C22H22ClN3O3S2. The summed E-state index contributed by atoms with van der Waals surface area (Å²) < 4.78 is 27.4. The summed E-state index contributed by atoms with van der Waals surface area (Å²) in [5, 5.41) is 2.48. The van der Waals surface area contributed by atoms with Gasteiger partial charge < -0.3 is 4.90 Å². The number of piperidine rings is 1. The summed E-state index contributed by atoms with van der Waals surface area (Å²) in [5.41, 5.74) is 1.46. The number of nitrogens with zero attached hydrogens (tertiary/aromatic N) is 2. The van der Waals surface area contributed by atoms with Gasteiger partial charge in [0.15, 0.2) is 5.13 Å². The van der Waals surface area contributed by atoms with Gasteiger partial charge in [0.05, 0.1) is 4.90 Å². The normalized spacial score (nSPS) is 16.1. The number of sulfonamides is 1. The van der Waals surface area contributed by atoms with Gasteiger partial charge in [0.1, 0.15) is 5.69 Å². The number of likely N-dealkylation sites (tertiary alicyclic amines) is 1. The Morgan fingerprint density at radius 2 is 1.74 bits per heavy atom. The van der Waals surface area contributed by atoms with Gasteiger partial charge >= 0.3 is 0 Å². The van der Waals surface area contributed by atoms with Gasteiger partial charge in [0.25, 0.3) is 15.9 Å². The maximum Gasteiger partial charge on any atom is 0.273 e. The molecule has 9 heteroatoms. The highest BCUT2D eigenvalue weighted by molar-refractivity contribution is 7.93. The molecule has 0 atom stereocenters. The molecule has 1 N–H and O–H groups in total. The number of benzene rings is 2. The number of hydrogen-bond donors (Lipinski definition) is 1. The minimum atomic E-state index is -3.74. The Morgan fingerprint density at radius 3 is 2.39 bits per heavy atom. The van der Waals surface area contributed by atoms with Crippen LogP contribution in [0.25, 0.3) is 0 Å². The smallest absolute Gasteiger partial charge is 0.273 e. The first-order valence-corrected chi connectivity index (χ1v) is 12.6. The maximum absolute atomic E-state index is 12.9. The highest BCUT2D eigenvalue weighted by Gasteiger charge is 2.34. The van der Waals surface area contributed by atoms with Gasteiger partial charge in [-0.3, -0.25) is 9.52 Å². The van der Waals surface area contributed by atoms with E-state index in [4.69, 9.17) is 11.6 Å². The molecule has 0 aliphatic carbocycles. The van der Waals surface area contributed by atoms with E-state index in [1.54, 1.807) is 28.5 Å². The van der Waals surface area contributed by atoms with E-state index in [1.807, 2.05) is 24.3 Å². The van der Waals surface area contributed by atoms with Crippen molar-refractivity contribution in [3.05, 3.63) is 76.3 Å². The predicted octanol–water partition coefficient (Wildman–Crippen LogP) is 4.79. The summed E-state index contributed by atoms with van der Waals surface area (Å²) in [5.74, 6) is -0.181. The molecular weight excluding hydrogens is 454 g/mol. The molecule has 1 aliphatic rings. The lowest BCUT2D eigenvalue weighted by atomic mass is 9.74. The molecule has 0 spiro atoms. The molecule has 0 saturated carbocycles. The van der Waals surface area contributed by atoms with E-state index in [-0.39, 0.29) is 27.0 Å². The van der Waals surface area contributed by atoms with E-state index < -0.39 is 10.0 Å². The molecule has 1 saturated heterocycles. The molecule has 1 aromatic heterocycles. The van der Waals surface area contributed by atoms with Crippen molar-refractivity contribution in [1.29, 1.82) is 0 Å². The van der Waals surface area contributed by atoms with Crippen LogP contribution in [0.15, 0.2) is 64.9 Å². The molecule has 2 aromatic carbocycles. The third-order valence-corrected chi connectivity index (χ3v) is 8.19. The monoisotopic (exact) mass is 475 g/mol. The SMILES string of the molecule is CC1(c2ccc(Cl)cc2)CCN(C(=O)c2csc(NS(=O)(=O)c3ccccc3)n2)CC1. The lowest BCUT2D eigenvalue weighted by Gasteiger charge is -2.39. The van der Waals surface area contributed by atoms with Crippen molar-refractivity contribution in [1.82, 2.24) is 9.88 Å². The molecule has 1 amide bonds. The van der Waals surface area contributed by atoms with Crippen LogP contribution in [0.2, 0.25) is 5.02 Å². The summed E-state index contributed by atoms with van der Waals surface area (Å²) in [4.78, 5) is 19.1. The topological polar surface area (TPSA) is 79.4 Å². The fourth-order valence-electron chi connectivity index (χ4n) is 3.70. The van der Waals surface area contributed by atoms with Gasteiger partial charge in [-0.05, 0) is 48.1 Å². The van der Waals surface area contributed by atoms with Crippen molar-refractivity contribution in [3.63, 3.8) is 0 Å². The number of hydrogen-bond acceptors (Lipinski definition) is 5. The van der Waals surface area contributed by atoms with Crippen LogP contribution in [-0.2, 0) is 15.4 Å². The molecule has 4 rings (SSSR count). The number of carbonyl (C=O) groups excluding carboxylic acids is 1. The molecule has 2 heterocycles. The van der Waals surface area contributed by atoms with Gasteiger partial charge in [-0.2, -0.15) is 0 Å². The van der Waals surface area contributed by atoms with Gasteiger partial charge in [0.2, 0.25) is 0 Å². The zero-order chi connectivity index (χ0) is 22.1. The number of nitrogens with one attached hydrogen (secondary N) is 1. The maximum atomic E-state index is 12.9. The Hall–Kier alpha value is -2.42. The first-order valence-electron chi connectivity index (χ1n) is 9.86. The second kappa shape index (κ2) is 8.61. The summed E-state index contributed by atoms with van der Waals surface area (Å²) in [6.07, 6.45) is 1.66. The Morgan fingerprint density at radius 1 is 1.10 bits per heavy atom.